The van der Waals surface area contributed by atoms with Crippen LogP contribution in [0.1, 0.15) is 10.4 Å². The lowest BCUT2D eigenvalue weighted by Crippen LogP contribution is -2.13. The van der Waals surface area contributed by atoms with Crippen LogP contribution in [0.25, 0.3) is 11.1 Å². The van der Waals surface area contributed by atoms with Gasteiger partial charge in [-0.15, -0.1) is 0 Å². The van der Waals surface area contributed by atoms with Crippen LogP contribution in [0.5, 0.6) is 11.5 Å². The van der Waals surface area contributed by atoms with Crippen molar-refractivity contribution in [1.29, 1.82) is 0 Å². The zero-order valence-electron chi connectivity index (χ0n) is 13.2. The summed E-state index contributed by atoms with van der Waals surface area (Å²) in [5.41, 5.74) is 2.30. The van der Waals surface area contributed by atoms with Crippen LogP contribution < -0.4 is 14.8 Å². The van der Waals surface area contributed by atoms with Gasteiger partial charge in [-0.3, -0.25) is 9.78 Å². The minimum atomic E-state index is -0.260. The van der Waals surface area contributed by atoms with Gasteiger partial charge in [0, 0.05) is 38.7 Å². The van der Waals surface area contributed by atoms with E-state index >= 15 is 0 Å². The first-order valence-electron chi connectivity index (χ1n) is 7.58. The van der Waals surface area contributed by atoms with Crippen molar-refractivity contribution in [2.45, 2.75) is 0 Å². The number of nitrogens with one attached hydrogen (secondary N) is 1. The number of rotatable bonds is 3. The normalized spacial score (nSPS) is 12.1. The number of amides is 1. The Morgan fingerprint density at radius 1 is 1.04 bits per heavy atom. The zero-order chi connectivity index (χ0) is 18.1. The van der Waals surface area contributed by atoms with Crippen LogP contribution in [-0.4, -0.2) is 22.7 Å². The first-order chi connectivity index (χ1) is 12.6. The molecule has 0 unspecified atom stereocenters. The third kappa shape index (κ3) is 3.30. The maximum absolute atomic E-state index is 12.3. The van der Waals surface area contributed by atoms with Gasteiger partial charge in [0.15, 0.2) is 11.5 Å². The lowest BCUT2D eigenvalue weighted by molar-refractivity contribution is 0.102. The third-order valence-electron chi connectivity index (χ3n) is 3.80. The molecule has 1 aliphatic heterocycles. The number of ether oxygens (including phenoxy) is 2. The Morgan fingerprint density at radius 2 is 1.85 bits per heavy atom. The van der Waals surface area contributed by atoms with Gasteiger partial charge in [-0.1, -0.05) is 15.9 Å². The molecule has 3 heterocycles. The Balaban J connectivity index is 1.56. The molecule has 1 aromatic carbocycles. The SMILES string of the molecule is O=C(Nc1ccc(-c2cc3c(cc2Br)OCO3)cn1)c1ccncc1Br. The van der Waals surface area contributed by atoms with Gasteiger partial charge in [-0.2, -0.15) is 0 Å². The highest BCUT2D eigenvalue weighted by Crippen LogP contribution is 2.40. The molecule has 0 spiro atoms. The Hall–Kier alpha value is -2.45. The number of carbonyl (C=O) groups is 1. The highest BCUT2D eigenvalue weighted by Gasteiger charge is 2.17. The van der Waals surface area contributed by atoms with E-state index in [0.717, 1.165) is 15.6 Å². The minimum absolute atomic E-state index is 0.221. The molecule has 0 bridgehead atoms. The largest absolute Gasteiger partial charge is 0.454 e. The third-order valence-corrected chi connectivity index (χ3v) is 5.08. The standard InChI is InChI=1S/C18H11Br2N3O3/c19-13-6-16-15(25-9-26-16)5-12(13)10-1-2-17(22-7-10)23-18(24)11-3-4-21-8-14(11)20/h1-8H,9H2,(H,22,23,24). The molecule has 3 aromatic rings. The molecule has 6 nitrogen and oxygen atoms in total. The molecular formula is C18H11Br2N3O3. The quantitative estimate of drug-likeness (QED) is 0.595. The molecule has 8 heteroatoms. The van der Waals surface area contributed by atoms with Crippen LogP contribution in [0.4, 0.5) is 5.82 Å². The van der Waals surface area contributed by atoms with Crippen LogP contribution in [-0.2, 0) is 0 Å². The van der Waals surface area contributed by atoms with Crippen molar-refractivity contribution >= 4 is 43.6 Å². The van der Waals surface area contributed by atoms with Crippen molar-refractivity contribution in [2.75, 3.05) is 12.1 Å². The lowest BCUT2D eigenvalue weighted by Gasteiger charge is -2.09. The first-order valence-corrected chi connectivity index (χ1v) is 9.17. The number of aromatic nitrogens is 2. The second-order valence-electron chi connectivity index (χ2n) is 5.43. The monoisotopic (exact) mass is 475 g/mol. The number of pyridine rings is 2. The Kier molecular flexibility index (Phi) is 4.60. The van der Waals surface area contributed by atoms with Crippen molar-refractivity contribution in [3.05, 3.63) is 63.4 Å². The highest BCUT2D eigenvalue weighted by molar-refractivity contribution is 9.10. The topological polar surface area (TPSA) is 73.3 Å². The van der Waals surface area contributed by atoms with E-state index in [1.807, 2.05) is 18.2 Å². The fourth-order valence-corrected chi connectivity index (χ4v) is 3.49. The summed E-state index contributed by atoms with van der Waals surface area (Å²) in [7, 11) is 0. The molecule has 0 radical (unpaired) electrons. The van der Waals surface area contributed by atoms with E-state index in [1.165, 1.54) is 0 Å². The van der Waals surface area contributed by atoms with E-state index in [4.69, 9.17) is 9.47 Å². The number of benzene rings is 1. The minimum Gasteiger partial charge on any atom is -0.454 e. The molecule has 0 saturated carbocycles. The molecule has 1 amide bonds. The van der Waals surface area contributed by atoms with Crippen molar-refractivity contribution in [1.82, 2.24) is 9.97 Å². The van der Waals surface area contributed by atoms with Crippen molar-refractivity contribution in [3.8, 4) is 22.6 Å². The van der Waals surface area contributed by atoms with Gasteiger partial charge >= 0.3 is 0 Å². The van der Waals surface area contributed by atoms with Crippen LogP contribution in [0.3, 0.4) is 0 Å². The van der Waals surface area contributed by atoms with Gasteiger partial charge in [-0.05, 0) is 46.3 Å². The van der Waals surface area contributed by atoms with Gasteiger partial charge < -0.3 is 14.8 Å². The molecule has 2 aromatic heterocycles. The smallest absolute Gasteiger partial charge is 0.258 e. The fraction of sp³-hybridized carbons (Fsp3) is 0.0556. The Bertz CT molecular complexity index is 993. The fourth-order valence-electron chi connectivity index (χ4n) is 2.51. The molecule has 4 rings (SSSR count). The summed E-state index contributed by atoms with van der Waals surface area (Å²) in [4.78, 5) is 20.6. The molecule has 0 aliphatic carbocycles. The van der Waals surface area contributed by atoms with Gasteiger partial charge in [0.1, 0.15) is 5.82 Å². The number of fused-ring (bicyclic) bond motifs is 1. The summed E-state index contributed by atoms with van der Waals surface area (Å²) in [6.07, 6.45) is 4.83. The summed E-state index contributed by atoms with van der Waals surface area (Å²) >= 11 is 6.85. The summed E-state index contributed by atoms with van der Waals surface area (Å²) in [6.45, 7) is 0.221. The molecule has 0 fully saturated rings. The Morgan fingerprint density at radius 3 is 2.58 bits per heavy atom. The van der Waals surface area contributed by atoms with Crippen LogP contribution >= 0.6 is 31.9 Å². The predicted octanol–water partition coefficient (Wildman–Crippen LogP) is 4.65. The van der Waals surface area contributed by atoms with Crippen LogP contribution in [0.15, 0.2) is 57.9 Å². The summed E-state index contributed by atoms with van der Waals surface area (Å²) in [6, 6.07) is 9.04. The van der Waals surface area contributed by atoms with Crippen LogP contribution in [0.2, 0.25) is 0 Å². The number of carbonyl (C=O) groups excluding carboxylic acids is 1. The molecule has 26 heavy (non-hydrogen) atoms. The van der Waals surface area contributed by atoms with Crippen LogP contribution in [0, 0.1) is 0 Å². The number of nitrogens with zero attached hydrogens (tertiary/aromatic N) is 2. The molecule has 0 saturated heterocycles. The molecule has 130 valence electrons. The van der Waals surface area contributed by atoms with Crippen molar-refractivity contribution in [2.24, 2.45) is 0 Å². The molecular weight excluding hydrogens is 466 g/mol. The summed E-state index contributed by atoms with van der Waals surface area (Å²) in [5.74, 6) is 1.60. The van der Waals surface area contributed by atoms with Gasteiger partial charge in [0.25, 0.3) is 5.91 Å². The van der Waals surface area contributed by atoms with E-state index in [2.05, 4.69) is 47.1 Å². The molecule has 0 atom stereocenters. The first kappa shape index (κ1) is 17.0. The maximum Gasteiger partial charge on any atom is 0.258 e. The Labute approximate surface area is 165 Å². The van der Waals surface area contributed by atoms with E-state index < -0.39 is 0 Å². The van der Waals surface area contributed by atoms with Gasteiger partial charge in [0.05, 0.1) is 5.56 Å². The average molecular weight is 477 g/mol. The predicted molar refractivity (Wildman–Crippen MR) is 103 cm³/mol. The zero-order valence-corrected chi connectivity index (χ0v) is 16.4. The number of hydrogen-bond donors (Lipinski definition) is 1. The van der Waals surface area contributed by atoms with Gasteiger partial charge in [-0.25, -0.2) is 4.98 Å². The van der Waals surface area contributed by atoms with E-state index in [-0.39, 0.29) is 12.7 Å². The van der Waals surface area contributed by atoms with Crippen molar-refractivity contribution < 1.29 is 14.3 Å². The number of halogens is 2. The van der Waals surface area contributed by atoms with E-state index in [9.17, 15) is 4.79 Å². The number of hydrogen-bond acceptors (Lipinski definition) is 5. The second-order valence-corrected chi connectivity index (χ2v) is 7.14. The van der Waals surface area contributed by atoms with Gasteiger partial charge in [0.2, 0.25) is 6.79 Å². The second kappa shape index (κ2) is 7.05. The molecule has 1 N–H and O–H groups in total. The summed E-state index contributed by atoms with van der Waals surface area (Å²) < 4.78 is 12.3. The van der Waals surface area contributed by atoms with Crippen molar-refractivity contribution in [3.63, 3.8) is 0 Å². The average Bonchev–Trinajstić information content (AvgIpc) is 3.09. The maximum atomic E-state index is 12.3. The summed E-state index contributed by atoms with van der Waals surface area (Å²) in [5, 5.41) is 2.77. The molecule has 1 aliphatic rings. The van der Waals surface area contributed by atoms with E-state index in [1.54, 1.807) is 30.7 Å². The van der Waals surface area contributed by atoms with E-state index in [0.29, 0.717) is 27.4 Å². The number of anilines is 1. The highest BCUT2D eigenvalue weighted by atomic mass is 79.9. The lowest BCUT2D eigenvalue weighted by atomic mass is 10.1.